The first-order valence-electron chi connectivity index (χ1n) is 9.85. The third-order valence-electron chi connectivity index (χ3n) is 4.95. The molecule has 2 aromatic carbocycles. The Hall–Kier alpha value is -3.37. The predicted molar refractivity (Wildman–Crippen MR) is 125 cm³/mol. The van der Waals surface area contributed by atoms with Crippen LogP contribution in [0, 0.1) is 6.92 Å². The van der Waals surface area contributed by atoms with Gasteiger partial charge in [0.25, 0.3) is 15.9 Å². The van der Waals surface area contributed by atoms with Gasteiger partial charge in [-0.3, -0.25) is 9.52 Å². The second-order valence-corrected chi connectivity index (χ2v) is 9.76. The van der Waals surface area contributed by atoms with E-state index in [2.05, 4.69) is 20.0 Å². The fourth-order valence-corrected chi connectivity index (χ4v) is 5.43. The number of amides is 1. The molecule has 2 heterocycles. The number of hydrogen-bond acceptors (Lipinski definition) is 6. The van der Waals surface area contributed by atoms with Gasteiger partial charge < -0.3 is 15.0 Å². The van der Waals surface area contributed by atoms with Crippen LogP contribution in [0.2, 0.25) is 0 Å². The summed E-state index contributed by atoms with van der Waals surface area (Å²) in [5.41, 5.74) is 2.64. The van der Waals surface area contributed by atoms with Gasteiger partial charge in [0.15, 0.2) is 5.13 Å². The van der Waals surface area contributed by atoms with Crippen LogP contribution in [0.15, 0.2) is 59.6 Å². The zero-order valence-corrected chi connectivity index (χ0v) is 19.1. The van der Waals surface area contributed by atoms with E-state index in [9.17, 15) is 13.2 Å². The number of thiazole rings is 1. The molecule has 32 heavy (non-hydrogen) atoms. The summed E-state index contributed by atoms with van der Waals surface area (Å²) < 4.78 is 32.7. The number of hydrogen-bond donors (Lipinski definition) is 3. The number of nitrogens with one attached hydrogen (secondary N) is 3. The van der Waals surface area contributed by atoms with Gasteiger partial charge in [0.2, 0.25) is 0 Å². The third-order valence-corrected chi connectivity index (χ3v) is 7.50. The molecule has 8 nitrogen and oxygen atoms in total. The smallest absolute Gasteiger partial charge is 0.263 e. The van der Waals surface area contributed by atoms with E-state index in [0.717, 1.165) is 27.8 Å². The first-order chi connectivity index (χ1) is 15.4. The van der Waals surface area contributed by atoms with Crippen molar-refractivity contribution in [1.29, 1.82) is 0 Å². The average molecular weight is 471 g/mol. The minimum atomic E-state index is -3.83. The molecule has 2 aromatic heterocycles. The number of sulfonamides is 1. The SMILES string of the molecule is COc1ccc(S(=O)(=O)Nc2nc(C)c(C(=O)NCCc3c[nH]c4ccccc34)s2)cc1. The number of carbonyl (C=O) groups is 1. The Kier molecular flexibility index (Phi) is 6.15. The van der Waals surface area contributed by atoms with Crippen molar-refractivity contribution in [2.45, 2.75) is 18.2 Å². The topological polar surface area (TPSA) is 113 Å². The van der Waals surface area contributed by atoms with Crippen molar-refractivity contribution in [3.8, 4) is 5.75 Å². The lowest BCUT2D eigenvalue weighted by atomic mass is 10.1. The van der Waals surface area contributed by atoms with Crippen LogP contribution >= 0.6 is 11.3 Å². The molecule has 0 aliphatic carbocycles. The first kappa shape index (κ1) is 21.8. The molecule has 0 aliphatic heterocycles. The number of methoxy groups -OCH3 is 1. The molecular formula is C22H22N4O4S2. The van der Waals surface area contributed by atoms with Gasteiger partial charge in [-0.1, -0.05) is 29.5 Å². The zero-order valence-electron chi connectivity index (χ0n) is 17.5. The molecule has 4 rings (SSSR count). The highest BCUT2D eigenvalue weighted by Gasteiger charge is 2.20. The van der Waals surface area contributed by atoms with Gasteiger partial charge in [-0.05, 0) is 49.2 Å². The van der Waals surface area contributed by atoms with Gasteiger partial charge in [0.1, 0.15) is 10.6 Å². The minimum Gasteiger partial charge on any atom is -0.497 e. The Bertz CT molecular complexity index is 1360. The van der Waals surface area contributed by atoms with Crippen molar-refractivity contribution < 1.29 is 17.9 Å². The summed E-state index contributed by atoms with van der Waals surface area (Å²) in [4.78, 5) is 20.5. The Balaban J connectivity index is 1.40. The molecule has 0 fully saturated rings. The summed E-state index contributed by atoms with van der Waals surface area (Å²) in [6.45, 7) is 2.13. The van der Waals surface area contributed by atoms with Crippen LogP contribution in [0.25, 0.3) is 10.9 Å². The van der Waals surface area contributed by atoms with Crippen LogP contribution in [-0.4, -0.2) is 37.9 Å². The standard InChI is InChI=1S/C22H22N4O4S2/c1-14-20(21(27)23-12-11-15-13-24-19-6-4-3-5-18(15)19)31-22(25-14)26-32(28,29)17-9-7-16(30-2)8-10-17/h3-10,13,24H,11-12H2,1-2H3,(H,23,27)(H,25,26). The Morgan fingerprint density at radius 3 is 2.66 bits per heavy atom. The van der Waals surface area contributed by atoms with Gasteiger partial charge in [0.05, 0.1) is 17.7 Å². The Labute approximate surface area is 189 Å². The van der Waals surface area contributed by atoms with E-state index in [0.29, 0.717) is 29.3 Å². The zero-order chi connectivity index (χ0) is 22.7. The van der Waals surface area contributed by atoms with Crippen LogP contribution in [0.4, 0.5) is 5.13 Å². The number of ether oxygens (including phenoxy) is 1. The van der Waals surface area contributed by atoms with E-state index in [1.807, 2.05) is 30.5 Å². The highest BCUT2D eigenvalue weighted by Crippen LogP contribution is 2.26. The maximum atomic E-state index is 12.6. The highest BCUT2D eigenvalue weighted by molar-refractivity contribution is 7.93. The van der Waals surface area contributed by atoms with E-state index in [1.165, 1.54) is 19.2 Å². The van der Waals surface area contributed by atoms with Crippen molar-refractivity contribution >= 4 is 43.3 Å². The number of aromatic nitrogens is 2. The summed E-state index contributed by atoms with van der Waals surface area (Å²) in [6.07, 6.45) is 2.62. The number of aromatic amines is 1. The maximum Gasteiger partial charge on any atom is 0.263 e. The van der Waals surface area contributed by atoms with Crippen LogP contribution in [0.5, 0.6) is 5.75 Å². The van der Waals surface area contributed by atoms with Gasteiger partial charge in [0, 0.05) is 23.6 Å². The monoisotopic (exact) mass is 470 g/mol. The van der Waals surface area contributed by atoms with Crippen LogP contribution in [-0.2, 0) is 16.4 Å². The van der Waals surface area contributed by atoms with Gasteiger partial charge in [-0.25, -0.2) is 13.4 Å². The lowest BCUT2D eigenvalue weighted by molar-refractivity contribution is 0.0957. The number of benzene rings is 2. The lowest BCUT2D eigenvalue weighted by Gasteiger charge is -2.06. The molecule has 0 spiro atoms. The van der Waals surface area contributed by atoms with Crippen molar-refractivity contribution in [3.63, 3.8) is 0 Å². The molecule has 0 aliphatic rings. The molecule has 0 atom stereocenters. The number of para-hydroxylation sites is 1. The fourth-order valence-electron chi connectivity index (χ4n) is 3.31. The maximum absolute atomic E-state index is 12.6. The molecule has 3 N–H and O–H groups in total. The summed E-state index contributed by atoms with van der Waals surface area (Å²) in [7, 11) is -2.32. The number of aryl methyl sites for hydroxylation is 1. The average Bonchev–Trinajstić information content (AvgIpc) is 3.36. The van der Waals surface area contributed by atoms with Gasteiger partial charge >= 0.3 is 0 Å². The van der Waals surface area contributed by atoms with Crippen LogP contribution in [0.1, 0.15) is 20.9 Å². The largest absolute Gasteiger partial charge is 0.497 e. The van der Waals surface area contributed by atoms with Crippen molar-refractivity contribution in [3.05, 3.63) is 70.9 Å². The number of anilines is 1. The normalized spacial score (nSPS) is 11.4. The summed E-state index contributed by atoms with van der Waals surface area (Å²) in [5.74, 6) is 0.273. The van der Waals surface area contributed by atoms with Crippen LogP contribution < -0.4 is 14.8 Å². The number of carbonyl (C=O) groups excluding carboxylic acids is 1. The van der Waals surface area contributed by atoms with E-state index < -0.39 is 10.0 Å². The molecule has 10 heteroatoms. The predicted octanol–water partition coefficient (Wildman–Crippen LogP) is 3.71. The molecule has 0 unspecified atom stereocenters. The Morgan fingerprint density at radius 1 is 1.16 bits per heavy atom. The van der Waals surface area contributed by atoms with Gasteiger partial charge in [-0.15, -0.1) is 0 Å². The second-order valence-electron chi connectivity index (χ2n) is 7.08. The molecule has 0 radical (unpaired) electrons. The van der Waals surface area contributed by atoms with E-state index >= 15 is 0 Å². The third kappa shape index (κ3) is 4.61. The van der Waals surface area contributed by atoms with Crippen molar-refractivity contribution in [2.24, 2.45) is 0 Å². The van der Waals surface area contributed by atoms with Crippen molar-refractivity contribution in [2.75, 3.05) is 18.4 Å². The highest BCUT2D eigenvalue weighted by atomic mass is 32.2. The number of rotatable bonds is 8. The van der Waals surface area contributed by atoms with E-state index in [-0.39, 0.29) is 15.9 Å². The summed E-state index contributed by atoms with van der Waals surface area (Å²) >= 11 is 1.00. The van der Waals surface area contributed by atoms with Crippen LogP contribution in [0.3, 0.4) is 0 Å². The molecule has 0 saturated heterocycles. The molecule has 166 valence electrons. The quantitative estimate of drug-likeness (QED) is 0.363. The summed E-state index contributed by atoms with van der Waals surface area (Å²) in [6, 6.07) is 14.0. The Morgan fingerprint density at radius 2 is 1.91 bits per heavy atom. The molecule has 0 bridgehead atoms. The molecule has 0 saturated carbocycles. The molecule has 1 amide bonds. The first-order valence-corrected chi connectivity index (χ1v) is 12.1. The number of fused-ring (bicyclic) bond motifs is 1. The molecule has 4 aromatic rings. The second kappa shape index (κ2) is 9.01. The number of nitrogens with zero attached hydrogens (tertiary/aromatic N) is 1. The van der Waals surface area contributed by atoms with Crippen molar-refractivity contribution in [1.82, 2.24) is 15.3 Å². The van der Waals surface area contributed by atoms with E-state index in [4.69, 9.17) is 4.74 Å². The van der Waals surface area contributed by atoms with Gasteiger partial charge in [-0.2, -0.15) is 0 Å². The summed E-state index contributed by atoms with van der Waals surface area (Å²) in [5, 5.41) is 4.16. The lowest BCUT2D eigenvalue weighted by Crippen LogP contribution is -2.25. The minimum absolute atomic E-state index is 0.0795. The molecular weight excluding hydrogens is 448 g/mol. The number of H-pyrrole nitrogens is 1. The van der Waals surface area contributed by atoms with E-state index in [1.54, 1.807) is 19.1 Å². The fraction of sp³-hybridized carbons (Fsp3) is 0.182.